The van der Waals surface area contributed by atoms with Crippen LogP contribution in [0.5, 0.6) is 0 Å². The van der Waals surface area contributed by atoms with E-state index in [0.29, 0.717) is 42.4 Å². The van der Waals surface area contributed by atoms with E-state index in [9.17, 15) is 35.9 Å². The SMILES string of the molecule is CCN(C[C@H]1CC[C@H](CC(=O)O)CC1)c1ncc(-c2ccsc2)nc1CN1C(=O)OC(c2cc(C(F)(F)F)cc(C(F)(F)F)c2)[C@@H]1C. The number of carboxylic acid groups (broad SMARTS) is 1. The number of aromatic nitrogens is 2. The first kappa shape index (κ1) is 34.5. The van der Waals surface area contributed by atoms with Gasteiger partial charge in [0.25, 0.3) is 0 Å². The third-order valence-corrected chi connectivity index (χ3v) is 9.56. The summed E-state index contributed by atoms with van der Waals surface area (Å²) in [5.74, 6) is 0.106. The Labute approximate surface area is 271 Å². The average molecular weight is 685 g/mol. The Morgan fingerprint density at radius 2 is 1.70 bits per heavy atom. The summed E-state index contributed by atoms with van der Waals surface area (Å²) in [6.07, 6.45) is -7.33. The second kappa shape index (κ2) is 13.7. The van der Waals surface area contributed by atoms with E-state index in [0.717, 1.165) is 31.2 Å². The monoisotopic (exact) mass is 684 g/mol. The molecular formula is C32H34F6N4O4S. The molecule has 2 fully saturated rings. The van der Waals surface area contributed by atoms with Crippen LogP contribution in [0.25, 0.3) is 11.3 Å². The molecule has 1 N–H and O–H groups in total. The van der Waals surface area contributed by atoms with Gasteiger partial charge >= 0.3 is 24.4 Å². The Morgan fingerprint density at radius 1 is 1.06 bits per heavy atom. The third kappa shape index (κ3) is 7.99. The summed E-state index contributed by atoms with van der Waals surface area (Å²) in [4.78, 5) is 37.2. The zero-order valence-corrected chi connectivity index (χ0v) is 26.5. The zero-order valence-electron chi connectivity index (χ0n) is 25.6. The molecule has 1 unspecified atom stereocenters. The molecule has 1 aliphatic heterocycles. The topological polar surface area (TPSA) is 95.9 Å². The summed E-state index contributed by atoms with van der Waals surface area (Å²) in [6, 6.07) is 2.13. The number of anilines is 1. The van der Waals surface area contributed by atoms with Gasteiger partial charge in [0.1, 0.15) is 11.8 Å². The molecule has 0 bridgehead atoms. The Hall–Kier alpha value is -3.88. The molecule has 1 saturated heterocycles. The van der Waals surface area contributed by atoms with Crippen molar-refractivity contribution in [1.29, 1.82) is 0 Å². The van der Waals surface area contributed by atoms with Gasteiger partial charge in [-0.25, -0.2) is 14.8 Å². The average Bonchev–Trinajstić information content (AvgIpc) is 3.64. The van der Waals surface area contributed by atoms with Crippen molar-refractivity contribution in [2.75, 3.05) is 18.0 Å². The van der Waals surface area contributed by atoms with E-state index in [1.54, 1.807) is 6.20 Å². The van der Waals surface area contributed by atoms with Gasteiger partial charge in [-0.1, -0.05) is 0 Å². The van der Waals surface area contributed by atoms with Crippen molar-refractivity contribution in [3.8, 4) is 11.3 Å². The zero-order chi connectivity index (χ0) is 34.1. The summed E-state index contributed by atoms with van der Waals surface area (Å²) in [5, 5.41) is 12.9. The summed E-state index contributed by atoms with van der Waals surface area (Å²) in [5.41, 5.74) is -1.65. The summed E-state index contributed by atoms with van der Waals surface area (Å²) in [6.45, 7) is 4.46. The van der Waals surface area contributed by atoms with Crippen LogP contribution in [0, 0.1) is 11.8 Å². The first-order valence-electron chi connectivity index (χ1n) is 15.3. The first-order chi connectivity index (χ1) is 22.1. The van der Waals surface area contributed by atoms with Crippen molar-refractivity contribution in [1.82, 2.24) is 14.9 Å². The second-order valence-electron chi connectivity index (χ2n) is 12.1. The number of benzene rings is 1. The highest BCUT2D eigenvalue weighted by Gasteiger charge is 2.44. The van der Waals surface area contributed by atoms with Crippen LogP contribution < -0.4 is 4.90 Å². The van der Waals surface area contributed by atoms with Crippen molar-refractivity contribution >= 4 is 29.2 Å². The van der Waals surface area contributed by atoms with E-state index in [1.165, 1.54) is 23.2 Å². The molecule has 1 amide bonds. The lowest BCUT2D eigenvalue weighted by molar-refractivity contribution is -0.143. The van der Waals surface area contributed by atoms with Gasteiger partial charge in [0.15, 0.2) is 5.82 Å². The molecule has 2 aliphatic rings. The van der Waals surface area contributed by atoms with Crippen LogP contribution in [0.1, 0.15) is 74.4 Å². The number of carbonyl (C=O) groups excluding carboxylic acids is 1. The number of aliphatic carboxylic acids is 1. The molecule has 3 heterocycles. The molecule has 254 valence electrons. The maximum absolute atomic E-state index is 13.6. The predicted molar refractivity (Wildman–Crippen MR) is 162 cm³/mol. The number of cyclic esters (lactones) is 1. The van der Waals surface area contributed by atoms with Crippen LogP contribution in [0.4, 0.5) is 37.0 Å². The van der Waals surface area contributed by atoms with Crippen LogP contribution in [-0.4, -0.2) is 51.2 Å². The normalized spacial score (nSPS) is 22.0. The third-order valence-electron chi connectivity index (χ3n) is 8.88. The Kier molecular flexibility index (Phi) is 10.0. The summed E-state index contributed by atoms with van der Waals surface area (Å²) >= 11 is 1.46. The molecule has 3 aromatic rings. The van der Waals surface area contributed by atoms with Crippen LogP contribution in [0.15, 0.2) is 41.2 Å². The fraction of sp³-hybridized carbons (Fsp3) is 0.500. The molecule has 1 aliphatic carbocycles. The van der Waals surface area contributed by atoms with E-state index in [1.807, 2.05) is 28.7 Å². The largest absolute Gasteiger partial charge is 0.481 e. The lowest BCUT2D eigenvalue weighted by Crippen LogP contribution is -2.36. The lowest BCUT2D eigenvalue weighted by atomic mass is 9.80. The number of hydrogen-bond acceptors (Lipinski definition) is 7. The molecule has 0 radical (unpaired) electrons. The number of carbonyl (C=O) groups is 2. The number of rotatable bonds is 10. The van der Waals surface area contributed by atoms with E-state index in [-0.39, 0.29) is 30.9 Å². The number of carboxylic acids is 1. The quantitative estimate of drug-likeness (QED) is 0.214. The smallest absolute Gasteiger partial charge is 0.416 e. The number of halogens is 6. The molecular weight excluding hydrogens is 650 g/mol. The number of hydrogen-bond donors (Lipinski definition) is 1. The minimum atomic E-state index is -5.05. The van der Waals surface area contributed by atoms with Crippen LogP contribution in [0.2, 0.25) is 0 Å². The predicted octanol–water partition coefficient (Wildman–Crippen LogP) is 8.43. The molecule has 47 heavy (non-hydrogen) atoms. The van der Waals surface area contributed by atoms with Crippen LogP contribution >= 0.6 is 11.3 Å². The maximum Gasteiger partial charge on any atom is 0.416 e. The second-order valence-corrected chi connectivity index (χ2v) is 12.9. The Bertz CT molecular complexity index is 1540. The van der Waals surface area contributed by atoms with Gasteiger partial charge in [-0.2, -0.15) is 37.7 Å². The van der Waals surface area contributed by atoms with Crippen molar-refractivity contribution in [3.05, 3.63) is 63.6 Å². The number of thiophene rings is 1. The number of ether oxygens (including phenoxy) is 1. The molecule has 15 heteroatoms. The van der Waals surface area contributed by atoms with Crippen LogP contribution in [-0.2, 0) is 28.4 Å². The van der Waals surface area contributed by atoms with Crippen LogP contribution in [0.3, 0.4) is 0 Å². The van der Waals surface area contributed by atoms with E-state index in [4.69, 9.17) is 19.8 Å². The Balaban J connectivity index is 1.43. The van der Waals surface area contributed by atoms with E-state index < -0.39 is 53.3 Å². The van der Waals surface area contributed by atoms with E-state index >= 15 is 0 Å². The van der Waals surface area contributed by atoms with Gasteiger partial charge in [0, 0.05) is 30.5 Å². The minimum Gasteiger partial charge on any atom is -0.481 e. The molecule has 8 nitrogen and oxygen atoms in total. The molecule has 2 aromatic heterocycles. The fourth-order valence-electron chi connectivity index (χ4n) is 6.35. The van der Waals surface area contributed by atoms with Gasteiger partial charge in [-0.05, 0) is 86.6 Å². The van der Waals surface area contributed by atoms with Gasteiger partial charge in [-0.15, -0.1) is 0 Å². The number of amides is 1. The highest BCUT2D eigenvalue weighted by molar-refractivity contribution is 7.08. The highest BCUT2D eigenvalue weighted by Crippen LogP contribution is 2.41. The molecule has 1 aromatic carbocycles. The minimum absolute atomic E-state index is 0.0401. The van der Waals surface area contributed by atoms with Gasteiger partial charge in [0.05, 0.1) is 35.6 Å². The van der Waals surface area contributed by atoms with Crippen molar-refractivity contribution in [2.45, 2.75) is 77.0 Å². The number of alkyl halides is 6. The standard InChI is InChI=1S/C32H34F6N4O4S/c1-3-41(15-20-6-4-19(5-7-20)10-27(43)44)29-26(40-25(14-39-29)21-8-9-47-17-21)16-42-18(2)28(46-30(42)45)22-11-23(31(33,34)35)13-24(12-22)32(36,37)38/h8-9,11-14,17-20,28H,3-7,10,15-16H2,1-2H3,(H,43,44)/t18-,19-,20-,28?/m0/s1. The first-order valence-corrected chi connectivity index (χ1v) is 16.2. The van der Waals surface area contributed by atoms with Gasteiger partial charge < -0.3 is 14.7 Å². The maximum atomic E-state index is 13.6. The van der Waals surface area contributed by atoms with Gasteiger partial charge in [-0.3, -0.25) is 9.69 Å². The Morgan fingerprint density at radius 3 is 2.26 bits per heavy atom. The van der Waals surface area contributed by atoms with Gasteiger partial charge in [0.2, 0.25) is 0 Å². The van der Waals surface area contributed by atoms with E-state index in [2.05, 4.69) is 0 Å². The molecule has 1 saturated carbocycles. The summed E-state index contributed by atoms with van der Waals surface area (Å²) < 4.78 is 86.9. The summed E-state index contributed by atoms with van der Waals surface area (Å²) in [7, 11) is 0. The lowest BCUT2D eigenvalue weighted by Gasteiger charge is -2.33. The van der Waals surface area contributed by atoms with Crippen molar-refractivity contribution < 1.29 is 45.8 Å². The van der Waals surface area contributed by atoms with Crippen molar-refractivity contribution in [3.63, 3.8) is 0 Å². The molecule has 0 spiro atoms. The molecule has 5 rings (SSSR count). The fourth-order valence-corrected chi connectivity index (χ4v) is 7.00. The molecule has 2 atom stereocenters. The van der Waals surface area contributed by atoms with Crippen molar-refractivity contribution in [2.24, 2.45) is 11.8 Å². The number of nitrogens with zero attached hydrogens (tertiary/aromatic N) is 4. The highest BCUT2D eigenvalue weighted by atomic mass is 32.1.